The van der Waals surface area contributed by atoms with Gasteiger partial charge in [-0.15, -0.1) is 0 Å². The Bertz CT molecular complexity index is 166. The Morgan fingerprint density at radius 1 is 1.00 bits per heavy atom. The number of nitrogens with two attached hydrogens (primary N) is 1. The van der Waals surface area contributed by atoms with E-state index in [1.54, 1.807) is 0 Å². The molecule has 70 valence electrons. The summed E-state index contributed by atoms with van der Waals surface area (Å²) in [5, 5.41) is 0. The van der Waals surface area contributed by atoms with Gasteiger partial charge in [0.05, 0.1) is 0 Å². The molecule has 3 aliphatic rings. The molecular formula is C11H21N. The van der Waals surface area contributed by atoms with Crippen LogP contribution in [0.25, 0.3) is 0 Å². The number of hydrogen-bond donors (Lipinski definition) is 1. The molecule has 3 saturated carbocycles. The van der Waals surface area contributed by atoms with Gasteiger partial charge in [-0.1, -0.05) is 19.8 Å². The molecule has 0 aromatic carbocycles. The third-order valence-corrected chi connectivity index (χ3v) is 4.44. The molecule has 0 aromatic heterocycles. The monoisotopic (exact) mass is 167 g/mol. The van der Waals surface area contributed by atoms with Crippen molar-refractivity contribution in [2.24, 2.45) is 11.1 Å². The van der Waals surface area contributed by atoms with Crippen LogP contribution in [0.4, 0.5) is 0 Å². The Kier molecular flexibility index (Phi) is 1.95. The van der Waals surface area contributed by atoms with E-state index in [2.05, 4.69) is 6.92 Å². The fraction of sp³-hybridized carbons (Fsp3) is 1.00. The van der Waals surface area contributed by atoms with Gasteiger partial charge in [0, 0.05) is 5.54 Å². The standard InChI is InChI=1S/C11H21N/c1-2-10-4-3-5-11(12,8-6-10)9-7-10/h2-9,12H2,1H3. The van der Waals surface area contributed by atoms with Crippen molar-refractivity contribution in [1.29, 1.82) is 0 Å². The predicted molar refractivity (Wildman–Crippen MR) is 52.0 cm³/mol. The first-order chi connectivity index (χ1) is 5.68. The summed E-state index contributed by atoms with van der Waals surface area (Å²) < 4.78 is 0. The lowest BCUT2D eigenvalue weighted by Gasteiger charge is -2.40. The van der Waals surface area contributed by atoms with Gasteiger partial charge in [-0.05, 0) is 43.9 Å². The third kappa shape index (κ3) is 1.28. The molecule has 0 aliphatic heterocycles. The van der Waals surface area contributed by atoms with Gasteiger partial charge in [-0.3, -0.25) is 0 Å². The lowest BCUT2D eigenvalue weighted by molar-refractivity contribution is 0.147. The van der Waals surface area contributed by atoms with E-state index in [9.17, 15) is 0 Å². The van der Waals surface area contributed by atoms with Crippen LogP contribution in [0.1, 0.15) is 58.3 Å². The maximum Gasteiger partial charge on any atom is 0.0154 e. The van der Waals surface area contributed by atoms with Crippen molar-refractivity contribution in [3.63, 3.8) is 0 Å². The van der Waals surface area contributed by atoms with Gasteiger partial charge < -0.3 is 5.73 Å². The Balaban J connectivity index is 2.15. The van der Waals surface area contributed by atoms with E-state index in [0.29, 0.717) is 5.41 Å². The van der Waals surface area contributed by atoms with E-state index in [1.165, 1.54) is 51.4 Å². The third-order valence-electron chi connectivity index (χ3n) is 4.44. The molecule has 0 spiro atoms. The molecule has 1 heteroatoms. The average Bonchev–Trinajstić information content (AvgIpc) is 2.34. The van der Waals surface area contributed by atoms with Crippen molar-refractivity contribution in [2.45, 2.75) is 63.8 Å². The van der Waals surface area contributed by atoms with Crippen LogP contribution in [0, 0.1) is 5.41 Å². The first-order valence-corrected chi connectivity index (χ1v) is 5.47. The van der Waals surface area contributed by atoms with E-state index < -0.39 is 0 Å². The fourth-order valence-electron chi connectivity index (χ4n) is 3.12. The van der Waals surface area contributed by atoms with E-state index in [4.69, 9.17) is 5.73 Å². The molecule has 3 rings (SSSR count). The van der Waals surface area contributed by atoms with Crippen LogP contribution < -0.4 is 5.73 Å². The van der Waals surface area contributed by atoms with Crippen molar-refractivity contribution in [3.8, 4) is 0 Å². The van der Waals surface area contributed by atoms with E-state index in [1.807, 2.05) is 0 Å². The normalized spacial score (nSPS) is 47.5. The van der Waals surface area contributed by atoms with Gasteiger partial charge in [0.2, 0.25) is 0 Å². The topological polar surface area (TPSA) is 26.0 Å². The summed E-state index contributed by atoms with van der Waals surface area (Å²) in [5.74, 6) is 0. The molecule has 0 unspecified atom stereocenters. The van der Waals surface area contributed by atoms with Crippen molar-refractivity contribution in [2.75, 3.05) is 0 Å². The maximum absolute atomic E-state index is 6.31. The van der Waals surface area contributed by atoms with E-state index >= 15 is 0 Å². The highest BCUT2D eigenvalue weighted by Crippen LogP contribution is 2.50. The molecule has 12 heavy (non-hydrogen) atoms. The zero-order valence-electron chi connectivity index (χ0n) is 8.23. The van der Waals surface area contributed by atoms with E-state index in [0.717, 1.165) is 0 Å². The minimum absolute atomic E-state index is 0.245. The number of fused-ring (bicyclic) bond motifs is 4. The Hall–Kier alpha value is -0.0400. The molecule has 2 bridgehead atoms. The van der Waals surface area contributed by atoms with Crippen LogP contribution in [0.3, 0.4) is 0 Å². The average molecular weight is 167 g/mol. The Morgan fingerprint density at radius 2 is 1.67 bits per heavy atom. The largest absolute Gasteiger partial charge is 0.325 e. The van der Waals surface area contributed by atoms with E-state index in [-0.39, 0.29) is 5.54 Å². The summed E-state index contributed by atoms with van der Waals surface area (Å²) in [6.07, 6.45) is 10.9. The van der Waals surface area contributed by atoms with Gasteiger partial charge in [0.1, 0.15) is 0 Å². The van der Waals surface area contributed by atoms with Crippen molar-refractivity contribution in [3.05, 3.63) is 0 Å². The summed E-state index contributed by atoms with van der Waals surface area (Å²) in [7, 11) is 0. The number of rotatable bonds is 1. The minimum atomic E-state index is 0.245. The number of hydrogen-bond acceptors (Lipinski definition) is 1. The minimum Gasteiger partial charge on any atom is -0.325 e. The highest BCUT2D eigenvalue weighted by molar-refractivity contribution is 4.98. The van der Waals surface area contributed by atoms with Crippen LogP contribution in [-0.2, 0) is 0 Å². The van der Waals surface area contributed by atoms with Crippen LogP contribution >= 0.6 is 0 Å². The van der Waals surface area contributed by atoms with Gasteiger partial charge in [0.15, 0.2) is 0 Å². The van der Waals surface area contributed by atoms with Crippen LogP contribution in [-0.4, -0.2) is 5.54 Å². The van der Waals surface area contributed by atoms with Crippen molar-refractivity contribution < 1.29 is 0 Å². The Morgan fingerprint density at radius 3 is 2.25 bits per heavy atom. The molecule has 3 aliphatic carbocycles. The quantitative estimate of drug-likeness (QED) is 0.638. The van der Waals surface area contributed by atoms with Crippen molar-refractivity contribution >= 4 is 0 Å². The van der Waals surface area contributed by atoms with Crippen LogP contribution in [0.5, 0.6) is 0 Å². The lowest BCUT2D eigenvalue weighted by atomic mass is 9.68. The highest BCUT2D eigenvalue weighted by Gasteiger charge is 2.42. The SMILES string of the molecule is CCC12CCCC(N)(CC1)CC2. The molecule has 0 heterocycles. The van der Waals surface area contributed by atoms with Crippen LogP contribution in [0.2, 0.25) is 0 Å². The molecule has 0 saturated heterocycles. The van der Waals surface area contributed by atoms with Crippen LogP contribution in [0.15, 0.2) is 0 Å². The molecule has 1 nitrogen and oxygen atoms in total. The molecule has 0 aromatic rings. The summed E-state index contributed by atoms with van der Waals surface area (Å²) in [6.45, 7) is 2.36. The summed E-state index contributed by atoms with van der Waals surface area (Å²) in [4.78, 5) is 0. The predicted octanol–water partition coefficient (Wildman–Crippen LogP) is 2.84. The van der Waals surface area contributed by atoms with Gasteiger partial charge in [-0.2, -0.15) is 0 Å². The zero-order chi connectivity index (χ0) is 8.66. The summed E-state index contributed by atoms with van der Waals surface area (Å²) in [6, 6.07) is 0. The second kappa shape index (κ2) is 2.73. The summed E-state index contributed by atoms with van der Waals surface area (Å²) in [5.41, 5.74) is 7.26. The molecular weight excluding hydrogens is 146 g/mol. The second-order valence-electron chi connectivity index (χ2n) is 5.07. The molecule has 2 N–H and O–H groups in total. The smallest absolute Gasteiger partial charge is 0.0154 e. The zero-order valence-corrected chi connectivity index (χ0v) is 8.23. The van der Waals surface area contributed by atoms with Gasteiger partial charge >= 0.3 is 0 Å². The molecule has 0 amide bonds. The van der Waals surface area contributed by atoms with Gasteiger partial charge in [0.25, 0.3) is 0 Å². The fourth-order valence-corrected chi connectivity index (χ4v) is 3.12. The van der Waals surface area contributed by atoms with Crippen molar-refractivity contribution in [1.82, 2.24) is 0 Å². The molecule has 0 atom stereocenters. The van der Waals surface area contributed by atoms with Gasteiger partial charge in [-0.25, -0.2) is 0 Å². The second-order valence-corrected chi connectivity index (χ2v) is 5.07. The molecule has 0 radical (unpaired) electrons. The highest BCUT2D eigenvalue weighted by atomic mass is 14.8. The molecule has 3 fully saturated rings. The first-order valence-electron chi connectivity index (χ1n) is 5.47. The lowest BCUT2D eigenvalue weighted by Crippen LogP contribution is -2.43. The first kappa shape index (κ1) is 8.55. The Labute approximate surface area is 75.7 Å². The maximum atomic E-state index is 6.31. The summed E-state index contributed by atoms with van der Waals surface area (Å²) >= 11 is 0.